The van der Waals surface area contributed by atoms with E-state index in [0.29, 0.717) is 23.6 Å². The molecule has 31 heavy (non-hydrogen) atoms. The summed E-state index contributed by atoms with van der Waals surface area (Å²) in [5.74, 6) is -0.399. The number of nitrogens with one attached hydrogen (secondary N) is 1. The Hall–Kier alpha value is -3.94. The van der Waals surface area contributed by atoms with Gasteiger partial charge in [0.15, 0.2) is 5.76 Å². The van der Waals surface area contributed by atoms with E-state index < -0.39 is 0 Å². The Morgan fingerprint density at radius 2 is 1.87 bits per heavy atom. The molecular weight excluding hydrogens is 396 g/mol. The normalized spacial score (nSPS) is 15.4. The molecule has 158 valence electrons. The molecule has 3 aromatic rings. The van der Waals surface area contributed by atoms with Crippen LogP contribution in [0.3, 0.4) is 0 Å². The van der Waals surface area contributed by atoms with Crippen molar-refractivity contribution in [3.8, 4) is 11.1 Å². The number of hydrogen-bond donors (Lipinski definition) is 1. The number of hydrogen-bond acceptors (Lipinski definition) is 5. The molecule has 0 fully saturated rings. The first-order chi connectivity index (χ1) is 14.9. The van der Waals surface area contributed by atoms with E-state index in [1.807, 2.05) is 25.1 Å². The van der Waals surface area contributed by atoms with Crippen molar-refractivity contribution in [1.82, 2.24) is 10.3 Å². The van der Waals surface area contributed by atoms with E-state index in [1.165, 1.54) is 13.2 Å². The van der Waals surface area contributed by atoms with Gasteiger partial charge in [-0.2, -0.15) is 0 Å². The molecule has 8 heteroatoms. The van der Waals surface area contributed by atoms with Crippen molar-refractivity contribution in [3.05, 3.63) is 66.4 Å². The zero-order chi connectivity index (χ0) is 22.1. The number of fused-ring (bicyclic) bond motifs is 1. The highest BCUT2D eigenvalue weighted by molar-refractivity contribution is 6.10. The largest absolute Gasteiger partial charge is 0.459 e. The van der Waals surface area contributed by atoms with Crippen molar-refractivity contribution in [2.24, 2.45) is 0 Å². The maximum atomic E-state index is 13.1. The molecule has 4 rings (SSSR count). The number of anilines is 2. The molecule has 0 bridgehead atoms. The van der Waals surface area contributed by atoms with E-state index in [2.05, 4.69) is 10.3 Å². The predicted molar refractivity (Wildman–Crippen MR) is 116 cm³/mol. The molecule has 1 aliphatic heterocycles. The SMILES string of the molecule is CNC(=O)c1ccc(-c2ccc3c(c2)N(C(=O)c2ccco2)CC(C)N3C(C)=O)cn1. The van der Waals surface area contributed by atoms with E-state index in [1.54, 1.807) is 47.3 Å². The first-order valence-electron chi connectivity index (χ1n) is 9.88. The fraction of sp³-hybridized carbons (Fsp3) is 0.217. The van der Waals surface area contributed by atoms with Gasteiger partial charge in [-0.25, -0.2) is 0 Å². The number of benzene rings is 1. The zero-order valence-corrected chi connectivity index (χ0v) is 17.5. The van der Waals surface area contributed by atoms with Crippen LogP contribution in [-0.2, 0) is 4.79 Å². The molecule has 3 amide bonds. The molecular formula is C23H22N4O4. The van der Waals surface area contributed by atoms with Gasteiger partial charge in [-0.15, -0.1) is 0 Å². The highest BCUT2D eigenvalue weighted by atomic mass is 16.3. The fourth-order valence-electron chi connectivity index (χ4n) is 3.84. The second kappa shape index (κ2) is 8.06. The summed E-state index contributed by atoms with van der Waals surface area (Å²) in [6, 6.07) is 12.1. The van der Waals surface area contributed by atoms with Gasteiger partial charge in [0.2, 0.25) is 5.91 Å². The van der Waals surface area contributed by atoms with E-state index in [0.717, 1.165) is 11.1 Å². The standard InChI is InChI=1S/C23H22N4O4/c1-14-13-26(23(30)21-5-4-10-31-21)20-11-16(7-9-19(20)27(14)15(2)28)17-6-8-18(25-12-17)22(29)24-3/h4-12,14H,13H2,1-3H3,(H,24,29). The third kappa shape index (κ3) is 3.68. The fourth-order valence-corrected chi connectivity index (χ4v) is 3.84. The summed E-state index contributed by atoms with van der Waals surface area (Å²) in [7, 11) is 1.55. The molecule has 8 nitrogen and oxygen atoms in total. The molecule has 3 heterocycles. The lowest BCUT2D eigenvalue weighted by atomic mass is 10.0. The smallest absolute Gasteiger partial charge is 0.294 e. The Morgan fingerprint density at radius 3 is 2.48 bits per heavy atom. The van der Waals surface area contributed by atoms with Gasteiger partial charge in [0.05, 0.1) is 23.7 Å². The molecule has 2 aromatic heterocycles. The maximum Gasteiger partial charge on any atom is 0.294 e. The van der Waals surface area contributed by atoms with Crippen LogP contribution in [0.4, 0.5) is 11.4 Å². The number of nitrogens with zero attached hydrogens (tertiary/aromatic N) is 3. The van der Waals surface area contributed by atoms with Crippen LogP contribution in [0, 0.1) is 0 Å². The third-order valence-electron chi connectivity index (χ3n) is 5.29. The van der Waals surface area contributed by atoms with E-state index in [-0.39, 0.29) is 29.5 Å². The summed E-state index contributed by atoms with van der Waals surface area (Å²) in [5, 5.41) is 2.54. The lowest BCUT2D eigenvalue weighted by Gasteiger charge is -2.40. The minimum atomic E-state index is -0.272. The second-order valence-electron chi connectivity index (χ2n) is 7.35. The number of rotatable bonds is 3. The van der Waals surface area contributed by atoms with Gasteiger partial charge in [0.1, 0.15) is 5.69 Å². The van der Waals surface area contributed by atoms with Crippen molar-refractivity contribution >= 4 is 29.1 Å². The number of amides is 3. The maximum absolute atomic E-state index is 13.1. The Morgan fingerprint density at radius 1 is 1.10 bits per heavy atom. The van der Waals surface area contributed by atoms with Crippen LogP contribution in [-0.4, -0.2) is 42.3 Å². The van der Waals surface area contributed by atoms with E-state index >= 15 is 0 Å². The molecule has 1 atom stereocenters. The van der Waals surface area contributed by atoms with Gasteiger partial charge in [-0.1, -0.05) is 12.1 Å². The quantitative estimate of drug-likeness (QED) is 0.705. The zero-order valence-electron chi connectivity index (χ0n) is 17.5. The number of carbonyl (C=O) groups excluding carboxylic acids is 3. The van der Waals surface area contributed by atoms with Crippen LogP contribution in [0.15, 0.2) is 59.3 Å². The van der Waals surface area contributed by atoms with Crippen LogP contribution in [0.5, 0.6) is 0 Å². The number of pyridine rings is 1. The van der Waals surface area contributed by atoms with Crippen molar-refractivity contribution in [1.29, 1.82) is 0 Å². The van der Waals surface area contributed by atoms with Gasteiger partial charge < -0.3 is 19.5 Å². The monoisotopic (exact) mass is 418 g/mol. The van der Waals surface area contributed by atoms with E-state index in [9.17, 15) is 14.4 Å². The molecule has 1 aliphatic rings. The van der Waals surface area contributed by atoms with Gasteiger partial charge in [-0.05, 0) is 42.8 Å². The molecule has 0 saturated carbocycles. The lowest BCUT2D eigenvalue weighted by molar-refractivity contribution is -0.117. The molecule has 1 N–H and O–H groups in total. The molecule has 0 spiro atoms. The van der Waals surface area contributed by atoms with Gasteiger partial charge in [-0.3, -0.25) is 19.4 Å². The average molecular weight is 418 g/mol. The Bertz CT molecular complexity index is 1140. The topological polar surface area (TPSA) is 95.8 Å². The van der Waals surface area contributed by atoms with Crippen molar-refractivity contribution in [2.75, 3.05) is 23.4 Å². The molecule has 1 unspecified atom stereocenters. The number of furan rings is 1. The predicted octanol–water partition coefficient (Wildman–Crippen LogP) is 3.10. The van der Waals surface area contributed by atoms with Gasteiger partial charge >= 0.3 is 0 Å². The van der Waals surface area contributed by atoms with Gasteiger partial charge in [0, 0.05) is 32.3 Å². The van der Waals surface area contributed by atoms with Crippen LogP contribution < -0.4 is 15.1 Å². The first-order valence-corrected chi connectivity index (χ1v) is 9.88. The molecule has 0 radical (unpaired) electrons. The van der Waals surface area contributed by atoms with Crippen molar-refractivity contribution in [2.45, 2.75) is 19.9 Å². The molecule has 0 saturated heterocycles. The second-order valence-corrected chi connectivity index (χ2v) is 7.35. The van der Waals surface area contributed by atoms with Gasteiger partial charge in [0.25, 0.3) is 11.8 Å². The summed E-state index contributed by atoms with van der Waals surface area (Å²) in [5.41, 5.74) is 3.18. The molecule has 1 aromatic carbocycles. The Labute approximate surface area is 179 Å². The van der Waals surface area contributed by atoms with Crippen LogP contribution in [0.1, 0.15) is 34.9 Å². The average Bonchev–Trinajstić information content (AvgIpc) is 3.32. The minimum Gasteiger partial charge on any atom is -0.459 e. The number of carbonyl (C=O) groups is 3. The van der Waals surface area contributed by atoms with Crippen LogP contribution in [0.25, 0.3) is 11.1 Å². The summed E-state index contributed by atoms with van der Waals surface area (Å²) in [6.45, 7) is 3.76. The van der Waals surface area contributed by atoms with Crippen molar-refractivity contribution in [3.63, 3.8) is 0 Å². The van der Waals surface area contributed by atoms with Crippen LogP contribution in [0.2, 0.25) is 0 Å². The summed E-state index contributed by atoms with van der Waals surface area (Å²) in [6.07, 6.45) is 3.07. The number of aromatic nitrogens is 1. The minimum absolute atomic E-state index is 0.0943. The third-order valence-corrected chi connectivity index (χ3v) is 5.29. The van der Waals surface area contributed by atoms with E-state index in [4.69, 9.17) is 4.42 Å². The summed E-state index contributed by atoms with van der Waals surface area (Å²) < 4.78 is 5.31. The first kappa shape index (κ1) is 20.3. The lowest BCUT2D eigenvalue weighted by Crippen LogP contribution is -2.51. The Balaban J connectivity index is 1.79. The highest BCUT2D eigenvalue weighted by Gasteiger charge is 2.35. The summed E-state index contributed by atoms with van der Waals surface area (Å²) >= 11 is 0. The Kier molecular flexibility index (Phi) is 5.29. The van der Waals surface area contributed by atoms with Crippen LogP contribution >= 0.6 is 0 Å². The highest BCUT2D eigenvalue weighted by Crippen LogP contribution is 2.39. The molecule has 0 aliphatic carbocycles. The summed E-state index contributed by atoms with van der Waals surface area (Å²) in [4.78, 5) is 44.7. The van der Waals surface area contributed by atoms with Crippen molar-refractivity contribution < 1.29 is 18.8 Å².